The Hall–Kier alpha value is -2.59. The quantitative estimate of drug-likeness (QED) is 0.751. The van der Waals surface area contributed by atoms with Gasteiger partial charge in [-0.25, -0.2) is 4.98 Å². The Kier molecular flexibility index (Phi) is 5.49. The smallest absolute Gasteiger partial charge is 0.315 e. The number of ether oxygens (including phenoxy) is 2. The zero-order chi connectivity index (χ0) is 19.5. The summed E-state index contributed by atoms with van der Waals surface area (Å²) in [4.78, 5) is 32.1. The van der Waals surface area contributed by atoms with Gasteiger partial charge in [0.25, 0.3) is 5.91 Å². The molecule has 4 rings (SSSR count). The van der Waals surface area contributed by atoms with Crippen LogP contribution < -0.4 is 10.2 Å². The van der Waals surface area contributed by atoms with Gasteiger partial charge in [0.15, 0.2) is 16.6 Å². The molecule has 10 heteroatoms. The second-order valence-electron chi connectivity index (χ2n) is 6.50. The third-order valence-corrected chi connectivity index (χ3v) is 5.77. The average Bonchev–Trinajstić information content (AvgIpc) is 3.29. The van der Waals surface area contributed by atoms with Crippen molar-refractivity contribution in [2.45, 2.75) is 25.7 Å². The van der Waals surface area contributed by atoms with E-state index in [4.69, 9.17) is 9.47 Å². The standard InChI is InChI=1S/C18H21N5O4S/c1-2-27-17(25)11-3-5-13-15(11)19-18(28-13)20-16(24)12-4-6-14(22-21-12)23-7-9-26-10-8-23/h4,6,11H,2-3,5,7-10H2,1H3,(H,19,20,24). The lowest BCUT2D eigenvalue weighted by atomic mass is 10.1. The molecular weight excluding hydrogens is 382 g/mol. The monoisotopic (exact) mass is 403 g/mol. The van der Waals surface area contributed by atoms with Gasteiger partial charge in [-0.05, 0) is 31.9 Å². The van der Waals surface area contributed by atoms with E-state index >= 15 is 0 Å². The minimum atomic E-state index is -0.374. The van der Waals surface area contributed by atoms with Crippen LogP contribution in [0.3, 0.4) is 0 Å². The van der Waals surface area contributed by atoms with Crippen LogP contribution in [0.15, 0.2) is 12.1 Å². The lowest BCUT2D eigenvalue weighted by Crippen LogP contribution is -2.37. The van der Waals surface area contributed by atoms with E-state index in [1.807, 2.05) is 0 Å². The molecule has 1 fully saturated rings. The van der Waals surface area contributed by atoms with E-state index in [1.54, 1.807) is 19.1 Å². The van der Waals surface area contributed by atoms with Crippen LogP contribution in [0, 0.1) is 0 Å². The average molecular weight is 403 g/mol. The number of fused-ring (bicyclic) bond motifs is 1. The molecule has 1 aliphatic carbocycles. The fourth-order valence-electron chi connectivity index (χ4n) is 3.32. The number of amides is 1. The molecule has 2 aromatic rings. The van der Waals surface area contributed by atoms with Gasteiger partial charge < -0.3 is 14.4 Å². The van der Waals surface area contributed by atoms with Gasteiger partial charge in [0, 0.05) is 18.0 Å². The Labute approximate surface area is 166 Å². The summed E-state index contributed by atoms with van der Waals surface area (Å²) in [6.45, 7) is 4.96. The molecule has 0 aromatic carbocycles. The van der Waals surface area contributed by atoms with Crippen molar-refractivity contribution >= 4 is 34.2 Å². The number of rotatable bonds is 5. The van der Waals surface area contributed by atoms with Crippen LogP contribution in [-0.4, -0.2) is 60.0 Å². The second kappa shape index (κ2) is 8.19. The number of aryl methyl sites for hydroxylation is 1. The lowest BCUT2D eigenvalue weighted by Gasteiger charge is -2.27. The molecule has 1 N–H and O–H groups in total. The fraction of sp³-hybridized carbons (Fsp3) is 0.500. The number of carbonyl (C=O) groups is 2. The van der Waals surface area contributed by atoms with Gasteiger partial charge >= 0.3 is 5.97 Å². The van der Waals surface area contributed by atoms with E-state index in [0.717, 1.165) is 30.2 Å². The van der Waals surface area contributed by atoms with Gasteiger partial charge in [-0.1, -0.05) is 0 Å². The maximum Gasteiger partial charge on any atom is 0.315 e. The van der Waals surface area contributed by atoms with E-state index in [9.17, 15) is 9.59 Å². The van der Waals surface area contributed by atoms with Crippen molar-refractivity contribution < 1.29 is 19.1 Å². The minimum Gasteiger partial charge on any atom is -0.465 e. The number of morpholine rings is 1. The van der Waals surface area contributed by atoms with Crippen molar-refractivity contribution in [3.63, 3.8) is 0 Å². The lowest BCUT2D eigenvalue weighted by molar-refractivity contribution is -0.145. The molecule has 148 valence electrons. The number of nitrogens with zero attached hydrogens (tertiary/aromatic N) is 4. The molecule has 2 aromatic heterocycles. The van der Waals surface area contributed by atoms with Gasteiger partial charge in [0.05, 0.1) is 25.5 Å². The molecule has 0 bridgehead atoms. The largest absolute Gasteiger partial charge is 0.465 e. The summed E-state index contributed by atoms with van der Waals surface area (Å²) < 4.78 is 10.4. The van der Waals surface area contributed by atoms with Gasteiger partial charge in [-0.3, -0.25) is 14.9 Å². The van der Waals surface area contributed by atoms with Crippen LogP contribution in [0.4, 0.5) is 10.9 Å². The van der Waals surface area contributed by atoms with Crippen LogP contribution in [0.5, 0.6) is 0 Å². The summed E-state index contributed by atoms with van der Waals surface area (Å²) in [6.07, 6.45) is 1.47. The Bertz CT molecular complexity index is 863. The van der Waals surface area contributed by atoms with Crippen molar-refractivity contribution in [2.24, 2.45) is 0 Å². The number of anilines is 2. The third-order valence-electron chi connectivity index (χ3n) is 4.73. The minimum absolute atomic E-state index is 0.217. The zero-order valence-electron chi connectivity index (χ0n) is 15.5. The predicted octanol–water partition coefficient (Wildman–Crippen LogP) is 1.61. The molecule has 3 heterocycles. The first-order chi connectivity index (χ1) is 13.7. The van der Waals surface area contributed by atoms with Crippen LogP contribution in [0.25, 0.3) is 0 Å². The van der Waals surface area contributed by atoms with Crippen LogP contribution in [-0.2, 0) is 20.7 Å². The molecule has 9 nitrogen and oxygen atoms in total. The molecule has 2 aliphatic rings. The number of hydrogen-bond donors (Lipinski definition) is 1. The van der Waals surface area contributed by atoms with Crippen LogP contribution >= 0.6 is 11.3 Å². The highest BCUT2D eigenvalue weighted by molar-refractivity contribution is 7.16. The number of aromatic nitrogens is 3. The summed E-state index contributed by atoms with van der Waals surface area (Å²) >= 11 is 1.39. The Morgan fingerprint density at radius 1 is 1.32 bits per heavy atom. The summed E-state index contributed by atoms with van der Waals surface area (Å²) in [5.41, 5.74) is 0.932. The molecule has 1 amide bonds. The first-order valence-electron chi connectivity index (χ1n) is 9.29. The summed E-state index contributed by atoms with van der Waals surface area (Å²) in [5, 5.41) is 11.4. The highest BCUT2D eigenvalue weighted by Gasteiger charge is 2.33. The normalized spacial score (nSPS) is 18.6. The highest BCUT2D eigenvalue weighted by Crippen LogP contribution is 2.39. The van der Waals surface area contributed by atoms with Gasteiger partial charge in [0.1, 0.15) is 5.92 Å². The van der Waals surface area contributed by atoms with Crippen molar-refractivity contribution in [1.29, 1.82) is 0 Å². The SMILES string of the molecule is CCOC(=O)C1CCc2sc(NC(=O)c3ccc(N4CCOCC4)nn3)nc21. The van der Waals surface area contributed by atoms with E-state index in [-0.39, 0.29) is 23.5 Å². The van der Waals surface area contributed by atoms with E-state index in [2.05, 4.69) is 25.4 Å². The molecule has 28 heavy (non-hydrogen) atoms. The zero-order valence-corrected chi connectivity index (χ0v) is 16.3. The van der Waals surface area contributed by atoms with Crippen LogP contribution in [0.2, 0.25) is 0 Å². The molecule has 0 radical (unpaired) electrons. The molecule has 1 aliphatic heterocycles. The maximum absolute atomic E-state index is 12.5. The molecule has 1 saturated heterocycles. The van der Waals surface area contributed by atoms with E-state index in [0.29, 0.717) is 37.1 Å². The number of hydrogen-bond acceptors (Lipinski definition) is 9. The maximum atomic E-state index is 12.5. The number of esters is 1. The predicted molar refractivity (Wildman–Crippen MR) is 103 cm³/mol. The van der Waals surface area contributed by atoms with E-state index in [1.165, 1.54) is 11.3 Å². The van der Waals surface area contributed by atoms with E-state index < -0.39 is 0 Å². The summed E-state index contributed by atoms with van der Waals surface area (Å²) in [5.74, 6) is -0.245. The first-order valence-corrected chi connectivity index (χ1v) is 10.1. The molecule has 1 unspecified atom stereocenters. The van der Waals surface area contributed by atoms with Gasteiger partial charge in [0.2, 0.25) is 0 Å². The summed E-state index contributed by atoms with van der Waals surface area (Å²) in [6, 6.07) is 3.43. The summed E-state index contributed by atoms with van der Waals surface area (Å²) in [7, 11) is 0. The van der Waals surface area contributed by atoms with Crippen molar-refractivity contribution in [2.75, 3.05) is 43.1 Å². The fourth-order valence-corrected chi connectivity index (χ4v) is 4.35. The molecule has 0 spiro atoms. The second-order valence-corrected chi connectivity index (χ2v) is 7.58. The number of thiazole rings is 1. The Morgan fingerprint density at radius 3 is 2.86 bits per heavy atom. The Balaban J connectivity index is 1.42. The van der Waals surface area contributed by atoms with Crippen LogP contribution in [0.1, 0.15) is 40.3 Å². The number of carbonyl (C=O) groups excluding carboxylic acids is 2. The van der Waals surface area contributed by atoms with Gasteiger partial charge in [-0.15, -0.1) is 21.5 Å². The topological polar surface area (TPSA) is 107 Å². The third kappa shape index (κ3) is 3.83. The molecular formula is C18H21N5O4S. The van der Waals surface area contributed by atoms with Gasteiger partial charge in [-0.2, -0.15) is 0 Å². The first kappa shape index (κ1) is 18.8. The molecule has 1 atom stereocenters. The number of nitrogens with one attached hydrogen (secondary N) is 1. The highest BCUT2D eigenvalue weighted by atomic mass is 32.1. The Morgan fingerprint density at radius 2 is 2.14 bits per heavy atom. The van der Waals surface area contributed by atoms with Crippen molar-refractivity contribution in [1.82, 2.24) is 15.2 Å². The van der Waals surface area contributed by atoms with Crippen molar-refractivity contribution in [3.05, 3.63) is 28.4 Å². The van der Waals surface area contributed by atoms with Crippen molar-refractivity contribution in [3.8, 4) is 0 Å². The molecule has 0 saturated carbocycles.